The number of aromatic nitrogens is 4. The first-order valence-corrected chi connectivity index (χ1v) is 10.4. The van der Waals surface area contributed by atoms with Crippen LogP contribution in [0.5, 0.6) is 0 Å². The van der Waals surface area contributed by atoms with Crippen molar-refractivity contribution in [2.45, 2.75) is 11.1 Å². The summed E-state index contributed by atoms with van der Waals surface area (Å²) in [6.45, 7) is 0.635. The Morgan fingerprint density at radius 3 is 2.79 bits per heavy atom. The number of sulfonamides is 1. The molecule has 28 heavy (non-hydrogen) atoms. The van der Waals surface area contributed by atoms with Crippen LogP contribution in [0.25, 0.3) is 11.3 Å². The molecule has 1 fully saturated rings. The summed E-state index contributed by atoms with van der Waals surface area (Å²) in [5.74, 6) is 0. The molecular formula is C18H18ClN5O3S. The van der Waals surface area contributed by atoms with Crippen LogP contribution >= 0.6 is 11.6 Å². The molecule has 2 aromatic heterocycles. The van der Waals surface area contributed by atoms with Crippen LogP contribution in [0.15, 0.2) is 54.2 Å². The van der Waals surface area contributed by atoms with E-state index in [2.05, 4.69) is 15.0 Å². The summed E-state index contributed by atoms with van der Waals surface area (Å²) in [5, 5.41) is 0.600. The highest BCUT2D eigenvalue weighted by molar-refractivity contribution is 7.89. The van der Waals surface area contributed by atoms with Crippen LogP contribution in [0, 0.1) is 0 Å². The van der Waals surface area contributed by atoms with E-state index in [1.54, 1.807) is 36.1 Å². The largest absolute Gasteiger partial charge is 0.369 e. The second-order valence-corrected chi connectivity index (χ2v) is 8.72. The molecule has 0 N–H and O–H groups in total. The Balaban J connectivity index is 1.66. The Morgan fingerprint density at radius 1 is 1.21 bits per heavy atom. The normalized spacial score (nSPS) is 18.3. The Morgan fingerprint density at radius 2 is 2.04 bits per heavy atom. The molecule has 0 amide bonds. The van der Waals surface area contributed by atoms with Crippen molar-refractivity contribution in [3.8, 4) is 11.3 Å². The number of hydrogen-bond donors (Lipinski definition) is 0. The molecule has 1 aliphatic rings. The fourth-order valence-electron chi connectivity index (χ4n) is 3.11. The van der Waals surface area contributed by atoms with Crippen molar-refractivity contribution in [1.82, 2.24) is 23.8 Å². The van der Waals surface area contributed by atoms with Gasteiger partial charge in [-0.15, -0.1) is 0 Å². The first-order chi connectivity index (χ1) is 13.4. The first-order valence-electron chi connectivity index (χ1n) is 8.62. The summed E-state index contributed by atoms with van der Waals surface area (Å²) in [6.07, 6.45) is 5.56. The van der Waals surface area contributed by atoms with Crippen molar-refractivity contribution >= 4 is 21.6 Å². The number of morpholine rings is 1. The van der Waals surface area contributed by atoms with Crippen molar-refractivity contribution in [1.29, 1.82) is 0 Å². The average Bonchev–Trinajstić information content (AvgIpc) is 3.15. The van der Waals surface area contributed by atoms with Gasteiger partial charge < -0.3 is 9.30 Å². The fraction of sp³-hybridized carbons (Fsp3) is 0.278. The van der Waals surface area contributed by atoms with E-state index >= 15 is 0 Å². The minimum absolute atomic E-state index is 0.0184. The molecule has 0 radical (unpaired) electrons. The summed E-state index contributed by atoms with van der Waals surface area (Å²) >= 11 is 6.11. The van der Waals surface area contributed by atoms with Crippen molar-refractivity contribution in [2.75, 3.05) is 19.7 Å². The first kappa shape index (κ1) is 19.0. The molecule has 0 aliphatic carbocycles. The van der Waals surface area contributed by atoms with Gasteiger partial charge in [-0.25, -0.2) is 13.4 Å². The minimum Gasteiger partial charge on any atom is -0.369 e. The lowest BCUT2D eigenvalue weighted by Crippen LogP contribution is -2.42. The highest BCUT2D eigenvalue weighted by Gasteiger charge is 2.34. The standard InChI is InChI=1S/C18H18ClN5O3S/c1-23-11-16(22-12-23)28(25,26)24-7-8-27-15(10-24)18-17(20-5-6-21-18)13-3-2-4-14(19)9-13/h2-6,9,11-12,15H,7-8,10H2,1H3/t15-/m1/s1. The summed E-state index contributed by atoms with van der Waals surface area (Å²) in [4.78, 5) is 12.8. The molecule has 3 aromatic rings. The van der Waals surface area contributed by atoms with E-state index in [1.165, 1.54) is 16.8 Å². The number of hydrogen-bond acceptors (Lipinski definition) is 6. The van der Waals surface area contributed by atoms with E-state index in [9.17, 15) is 8.42 Å². The topological polar surface area (TPSA) is 90.2 Å². The highest BCUT2D eigenvalue weighted by Crippen LogP contribution is 2.31. The Kier molecular flexibility index (Phi) is 5.15. The molecule has 146 valence electrons. The SMILES string of the molecule is Cn1cnc(S(=O)(=O)N2CCO[C@@H](c3nccnc3-c3cccc(Cl)c3)C2)c1. The number of halogens is 1. The number of benzene rings is 1. The van der Waals surface area contributed by atoms with Crippen LogP contribution in [0.1, 0.15) is 11.8 Å². The number of rotatable bonds is 4. The maximum Gasteiger partial charge on any atom is 0.262 e. The molecule has 0 unspecified atom stereocenters. The van der Waals surface area contributed by atoms with Gasteiger partial charge in [-0.2, -0.15) is 4.31 Å². The molecule has 4 rings (SSSR count). The summed E-state index contributed by atoms with van der Waals surface area (Å²) < 4.78 is 34.7. The van der Waals surface area contributed by atoms with Crippen LogP contribution in [-0.4, -0.2) is 51.9 Å². The third kappa shape index (κ3) is 3.66. The third-order valence-corrected chi connectivity index (χ3v) is 6.43. The van der Waals surface area contributed by atoms with E-state index in [0.717, 1.165) is 5.56 Å². The fourth-order valence-corrected chi connectivity index (χ4v) is 4.69. The van der Waals surface area contributed by atoms with Crippen LogP contribution in [-0.2, 0) is 21.8 Å². The van der Waals surface area contributed by atoms with Crippen molar-refractivity contribution in [2.24, 2.45) is 7.05 Å². The molecular weight excluding hydrogens is 402 g/mol. The predicted molar refractivity (Wildman–Crippen MR) is 103 cm³/mol. The molecule has 1 aromatic carbocycles. The minimum atomic E-state index is -3.71. The quantitative estimate of drug-likeness (QED) is 0.644. The van der Waals surface area contributed by atoms with Crippen LogP contribution in [0.3, 0.4) is 0 Å². The smallest absolute Gasteiger partial charge is 0.262 e. The Bertz CT molecular complexity index is 1100. The van der Waals surface area contributed by atoms with Gasteiger partial charge in [-0.3, -0.25) is 9.97 Å². The number of ether oxygens (including phenoxy) is 1. The van der Waals surface area contributed by atoms with E-state index in [0.29, 0.717) is 16.4 Å². The molecule has 10 heteroatoms. The summed E-state index contributed by atoms with van der Waals surface area (Å²) in [6, 6.07) is 7.28. The highest BCUT2D eigenvalue weighted by atomic mass is 35.5. The van der Waals surface area contributed by atoms with Crippen molar-refractivity contribution in [3.05, 3.63) is 59.9 Å². The second-order valence-electron chi connectivity index (χ2n) is 6.40. The van der Waals surface area contributed by atoms with Gasteiger partial charge in [0.1, 0.15) is 6.10 Å². The Hall–Kier alpha value is -2.33. The van der Waals surface area contributed by atoms with Gasteiger partial charge in [0.15, 0.2) is 5.03 Å². The van der Waals surface area contributed by atoms with Crippen molar-refractivity contribution in [3.63, 3.8) is 0 Å². The monoisotopic (exact) mass is 419 g/mol. The van der Waals surface area contributed by atoms with E-state index in [1.807, 2.05) is 12.1 Å². The lowest BCUT2D eigenvalue weighted by Gasteiger charge is -2.31. The lowest BCUT2D eigenvalue weighted by atomic mass is 10.1. The maximum atomic E-state index is 12.9. The van der Waals surface area contributed by atoms with E-state index < -0.39 is 16.1 Å². The molecule has 8 nitrogen and oxygen atoms in total. The van der Waals surface area contributed by atoms with E-state index in [-0.39, 0.29) is 24.7 Å². The molecule has 0 spiro atoms. The van der Waals surface area contributed by atoms with Crippen LogP contribution < -0.4 is 0 Å². The van der Waals surface area contributed by atoms with Gasteiger partial charge in [0.2, 0.25) is 0 Å². The van der Waals surface area contributed by atoms with Crippen LogP contribution in [0.2, 0.25) is 5.02 Å². The molecule has 1 aliphatic heterocycles. The number of imidazole rings is 1. The molecule has 0 bridgehead atoms. The van der Waals surface area contributed by atoms with Gasteiger partial charge in [0, 0.05) is 49.3 Å². The van der Waals surface area contributed by atoms with Gasteiger partial charge >= 0.3 is 0 Å². The van der Waals surface area contributed by atoms with Crippen LogP contribution in [0.4, 0.5) is 0 Å². The summed E-state index contributed by atoms with van der Waals surface area (Å²) in [5.41, 5.74) is 1.99. The van der Waals surface area contributed by atoms with Crippen molar-refractivity contribution < 1.29 is 13.2 Å². The second kappa shape index (κ2) is 7.59. The zero-order valence-corrected chi connectivity index (χ0v) is 16.6. The molecule has 0 saturated carbocycles. The molecule has 1 atom stereocenters. The number of nitrogens with zero attached hydrogens (tertiary/aromatic N) is 5. The van der Waals surface area contributed by atoms with E-state index in [4.69, 9.17) is 16.3 Å². The maximum absolute atomic E-state index is 12.9. The number of aryl methyl sites for hydroxylation is 1. The predicted octanol–water partition coefficient (Wildman–Crippen LogP) is 2.29. The molecule has 3 heterocycles. The van der Waals surface area contributed by atoms with Gasteiger partial charge in [-0.1, -0.05) is 23.7 Å². The van der Waals surface area contributed by atoms with Gasteiger partial charge in [0.25, 0.3) is 10.0 Å². The summed E-state index contributed by atoms with van der Waals surface area (Å²) in [7, 11) is -1.99. The Labute approximate surface area is 167 Å². The third-order valence-electron chi connectivity index (χ3n) is 4.44. The zero-order valence-electron chi connectivity index (χ0n) is 15.1. The zero-order chi connectivity index (χ0) is 19.7. The average molecular weight is 420 g/mol. The van der Waals surface area contributed by atoms with Gasteiger partial charge in [-0.05, 0) is 12.1 Å². The molecule has 1 saturated heterocycles. The van der Waals surface area contributed by atoms with Gasteiger partial charge in [0.05, 0.1) is 24.3 Å². The lowest BCUT2D eigenvalue weighted by molar-refractivity contribution is -0.00483.